The van der Waals surface area contributed by atoms with E-state index in [1.165, 1.54) is 24.3 Å². The topological polar surface area (TPSA) is 97.0 Å². The third-order valence-corrected chi connectivity index (χ3v) is 5.86. The number of halogens is 4. The molecule has 0 aromatic heterocycles. The highest BCUT2D eigenvalue weighted by molar-refractivity contribution is 9.11. The first kappa shape index (κ1) is 25.5. The molecule has 0 spiro atoms. The van der Waals surface area contributed by atoms with Gasteiger partial charge in [-0.1, -0.05) is 28.9 Å². The number of hydroxylamine groups is 1. The van der Waals surface area contributed by atoms with E-state index in [0.717, 1.165) is 35.1 Å². The Hall–Kier alpha value is -1.75. The van der Waals surface area contributed by atoms with E-state index in [2.05, 4.69) is 39.1 Å². The number of nitrogens with two attached hydrogens (primary N) is 1. The second-order valence-corrected chi connectivity index (χ2v) is 8.38. The quantitative estimate of drug-likeness (QED) is 0.325. The third kappa shape index (κ3) is 7.71. The van der Waals surface area contributed by atoms with Crippen LogP contribution in [-0.4, -0.2) is 41.3 Å². The molecule has 31 heavy (non-hydrogen) atoms. The maximum absolute atomic E-state index is 11.7. The molecule has 10 heteroatoms. The van der Waals surface area contributed by atoms with Gasteiger partial charge >= 0.3 is 6.18 Å². The zero-order valence-corrected chi connectivity index (χ0v) is 18.8. The van der Waals surface area contributed by atoms with Crippen LogP contribution in [0.1, 0.15) is 39.0 Å². The normalized spacial score (nSPS) is 23.2. The highest BCUT2D eigenvalue weighted by Gasteiger charge is 2.42. The Kier molecular flexibility index (Phi) is 9.23. The van der Waals surface area contributed by atoms with Gasteiger partial charge < -0.3 is 25.5 Å². The summed E-state index contributed by atoms with van der Waals surface area (Å²) in [7, 11) is 0. The summed E-state index contributed by atoms with van der Waals surface area (Å²) in [4.78, 5) is 0. The van der Waals surface area contributed by atoms with E-state index in [-0.39, 0.29) is 5.75 Å². The first-order chi connectivity index (χ1) is 14.6. The van der Waals surface area contributed by atoms with Crippen molar-refractivity contribution in [1.82, 2.24) is 5.48 Å². The van der Waals surface area contributed by atoms with Crippen molar-refractivity contribution >= 4 is 21.6 Å². The fourth-order valence-corrected chi connectivity index (χ4v) is 3.94. The number of anilines is 1. The van der Waals surface area contributed by atoms with Crippen molar-refractivity contribution in [3.63, 3.8) is 0 Å². The van der Waals surface area contributed by atoms with Gasteiger partial charge in [0.05, 0.1) is 6.10 Å². The van der Waals surface area contributed by atoms with Crippen LogP contribution in [0.4, 0.5) is 18.9 Å². The van der Waals surface area contributed by atoms with Gasteiger partial charge in [-0.2, -0.15) is 13.2 Å². The van der Waals surface area contributed by atoms with Gasteiger partial charge in [0, 0.05) is 35.1 Å². The number of hydrogen-bond acceptors (Lipinski definition) is 6. The second kappa shape index (κ2) is 11.2. The molecule has 2 atom stereocenters. The fourth-order valence-electron chi connectivity index (χ4n) is 3.40. The van der Waals surface area contributed by atoms with Crippen LogP contribution in [0.15, 0.2) is 46.2 Å². The molecule has 1 aromatic carbocycles. The highest BCUT2D eigenvalue weighted by Crippen LogP contribution is 2.44. The zero-order valence-electron chi connectivity index (χ0n) is 17.2. The lowest BCUT2D eigenvalue weighted by molar-refractivity contribution is -0.153. The number of nitrogens with one attached hydrogen (secondary N) is 1. The first-order valence-electron chi connectivity index (χ1n) is 9.97. The number of ether oxygens (including phenoxy) is 2. The van der Waals surface area contributed by atoms with Crippen molar-refractivity contribution in [3.8, 4) is 5.75 Å². The Morgan fingerprint density at radius 1 is 1.32 bits per heavy atom. The van der Waals surface area contributed by atoms with Crippen LogP contribution in [0, 0.1) is 0 Å². The van der Waals surface area contributed by atoms with Crippen LogP contribution in [0.25, 0.3) is 0 Å². The largest absolute Gasteiger partial charge is 0.486 e. The number of fused-ring (bicyclic) bond motifs is 1. The summed E-state index contributed by atoms with van der Waals surface area (Å²) in [6.45, 7) is 1.23. The molecule has 0 amide bonds. The number of alkyl halides is 3. The predicted octanol–water partition coefficient (Wildman–Crippen LogP) is 4.82. The van der Waals surface area contributed by atoms with Crippen LogP contribution in [0.2, 0.25) is 0 Å². The fraction of sp³-hybridized carbons (Fsp3) is 0.524. The molecule has 1 saturated heterocycles. The minimum Gasteiger partial charge on any atom is -0.486 e. The summed E-state index contributed by atoms with van der Waals surface area (Å²) < 4.78 is 46.7. The van der Waals surface area contributed by atoms with Gasteiger partial charge in [-0.05, 0) is 43.5 Å². The van der Waals surface area contributed by atoms with Crippen molar-refractivity contribution in [2.45, 2.75) is 56.9 Å². The van der Waals surface area contributed by atoms with Crippen LogP contribution >= 0.6 is 15.9 Å². The van der Waals surface area contributed by atoms with Crippen molar-refractivity contribution in [2.24, 2.45) is 0 Å². The van der Waals surface area contributed by atoms with Crippen LogP contribution in [0.5, 0.6) is 5.75 Å². The molecule has 1 heterocycles. The number of allylic oxidation sites excluding steroid dienone is 2. The molecule has 0 radical (unpaired) electrons. The summed E-state index contributed by atoms with van der Waals surface area (Å²) in [5.74, 6) is 0.964. The monoisotopic (exact) mass is 508 g/mol. The van der Waals surface area contributed by atoms with E-state index in [4.69, 9.17) is 15.7 Å². The maximum Gasteiger partial charge on any atom is 0.422 e. The van der Waals surface area contributed by atoms with Crippen molar-refractivity contribution in [2.75, 3.05) is 18.9 Å². The lowest BCUT2D eigenvalue weighted by Crippen LogP contribution is -2.44. The van der Waals surface area contributed by atoms with Crippen LogP contribution < -0.4 is 16.0 Å². The summed E-state index contributed by atoms with van der Waals surface area (Å²) in [5, 5.41) is 19.1. The summed E-state index contributed by atoms with van der Waals surface area (Å²) >= 11 is 3.54. The van der Waals surface area contributed by atoms with E-state index in [9.17, 15) is 18.3 Å². The van der Waals surface area contributed by atoms with Gasteiger partial charge in [-0.15, -0.1) is 0 Å². The Balaban J connectivity index is 0.000000233. The zero-order chi connectivity index (χ0) is 23.1. The minimum atomic E-state index is -4.30. The van der Waals surface area contributed by atoms with E-state index in [0.29, 0.717) is 25.1 Å². The molecule has 2 aliphatic rings. The minimum absolute atomic E-state index is 0.159. The van der Waals surface area contributed by atoms with Gasteiger partial charge in [0.1, 0.15) is 17.1 Å². The highest BCUT2D eigenvalue weighted by atomic mass is 79.9. The smallest absolute Gasteiger partial charge is 0.422 e. The van der Waals surface area contributed by atoms with E-state index in [1.807, 2.05) is 0 Å². The molecule has 3 rings (SSSR count). The molecule has 1 aromatic rings. The molecule has 174 valence electrons. The van der Waals surface area contributed by atoms with Crippen molar-refractivity contribution in [3.05, 3.63) is 46.2 Å². The Labute approximate surface area is 188 Å². The molecule has 6 nitrogen and oxygen atoms in total. The van der Waals surface area contributed by atoms with E-state index in [1.54, 1.807) is 0 Å². The molecule has 5 N–H and O–H groups in total. The molecule has 0 bridgehead atoms. The second-order valence-electron chi connectivity index (χ2n) is 7.42. The molecule has 2 unspecified atom stereocenters. The lowest BCUT2D eigenvalue weighted by atomic mass is 9.82. The van der Waals surface area contributed by atoms with Gasteiger partial charge in [0.15, 0.2) is 6.61 Å². The molecular formula is C21H28BrF3N2O4. The SMILES string of the molecule is CCC1(CCNO)CC(O)C2=CCCC(Br)=C2O1.Nc1ccc(OCC(F)(F)F)cc1. The van der Waals surface area contributed by atoms with E-state index < -0.39 is 24.5 Å². The number of nitrogen functional groups attached to an aromatic ring is 1. The lowest BCUT2D eigenvalue weighted by Gasteiger charge is -2.43. The van der Waals surface area contributed by atoms with Crippen molar-refractivity contribution < 1.29 is 33.0 Å². The Bertz CT molecular complexity index is 784. The van der Waals surface area contributed by atoms with Crippen LogP contribution in [-0.2, 0) is 4.74 Å². The van der Waals surface area contributed by atoms with Gasteiger partial charge in [0.2, 0.25) is 0 Å². The summed E-state index contributed by atoms with van der Waals surface area (Å²) in [6.07, 6.45) is 1.22. The standard InChI is InChI=1S/C13H20BrNO3.C8H8F3NO/c1-2-13(6-7-15-17)8-11(16)9-4-3-5-10(14)12(9)18-13;9-8(10,11)5-13-7-3-1-6(12)2-4-7/h4,11,15-17H,2-3,5-8H2,1H3;1-4H,5,12H2. The summed E-state index contributed by atoms with van der Waals surface area (Å²) in [5.41, 5.74) is 8.51. The Morgan fingerprint density at radius 2 is 2.00 bits per heavy atom. The molecule has 0 saturated carbocycles. The van der Waals surface area contributed by atoms with Gasteiger partial charge in [-0.25, -0.2) is 5.48 Å². The van der Waals surface area contributed by atoms with Gasteiger partial charge in [-0.3, -0.25) is 0 Å². The number of aliphatic hydroxyl groups is 1. The maximum atomic E-state index is 11.7. The predicted molar refractivity (Wildman–Crippen MR) is 115 cm³/mol. The molecule has 1 aliphatic carbocycles. The Morgan fingerprint density at radius 3 is 2.58 bits per heavy atom. The first-order valence-corrected chi connectivity index (χ1v) is 10.8. The van der Waals surface area contributed by atoms with Crippen LogP contribution in [0.3, 0.4) is 0 Å². The molecule has 1 fully saturated rings. The molecule has 1 aliphatic heterocycles. The average Bonchev–Trinajstić information content (AvgIpc) is 2.73. The summed E-state index contributed by atoms with van der Waals surface area (Å²) in [6, 6.07) is 5.74. The third-order valence-electron chi connectivity index (χ3n) is 5.10. The molecular weight excluding hydrogens is 481 g/mol. The van der Waals surface area contributed by atoms with Crippen molar-refractivity contribution in [1.29, 1.82) is 0 Å². The number of hydrogen-bond donors (Lipinski definition) is 4. The number of rotatable bonds is 6. The number of aliphatic hydroxyl groups excluding tert-OH is 1. The van der Waals surface area contributed by atoms with E-state index >= 15 is 0 Å². The van der Waals surface area contributed by atoms with Gasteiger partial charge in [0.25, 0.3) is 0 Å². The average molecular weight is 509 g/mol. The number of benzene rings is 1.